The molecule has 0 heterocycles. The third-order valence-corrected chi connectivity index (χ3v) is 6.25. The van der Waals surface area contributed by atoms with Gasteiger partial charge in [0.25, 0.3) is 0 Å². The molecule has 0 aromatic carbocycles. The molecule has 2 unspecified atom stereocenters. The van der Waals surface area contributed by atoms with Crippen molar-refractivity contribution in [3.63, 3.8) is 0 Å². The van der Waals surface area contributed by atoms with Gasteiger partial charge in [-0.15, -0.1) is 0 Å². The second kappa shape index (κ2) is 7.03. The van der Waals surface area contributed by atoms with Gasteiger partial charge in [-0.05, 0) is 39.0 Å². The van der Waals surface area contributed by atoms with Crippen molar-refractivity contribution in [3.05, 3.63) is 0 Å². The summed E-state index contributed by atoms with van der Waals surface area (Å²) in [4.78, 5) is 12.8. The van der Waals surface area contributed by atoms with E-state index >= 15 is 0 Å². The lowest BCUT2D eigenvalue weighted by atomic mass is 9.77. The fourth-order valence-electron chi connectivity index (χ4n) is 3.29. The summed E-state index contributed by atoms with van der Waals surface area (Å²) in [5.74, 6) is -0.0624. The van der Waals surface area contributed by atoms with E-state index in [9.17, 15) is 13.2 Å². The van der Waals surface area contributed by atoms with Gasteiger partial charge in [0, 0.05) is 18.8 Å². The predicted molar refractivity (Wildman–Crippen MR) is 80.5 cm³/mol. The Balaban J connectivity index is 2.89. The molecular formula is C15H28O4S. The molecule has 1 fully saturated rings. The van der Waals surface area contributed by atoms with Gasteiger partial charge in [-0.25, -0.2) is 8.42 Å². The molecule has 1 aliphatic carbocycles. The predicted octanol–water partition coefficient (Wildman–Crippen LogP) is 2.75. The summed E-state index contributed by atoms with van der Waals surface area (Å²) in [6, 6.07) is 0. The first kappa shape index (κ1) is 17.6. The number of ketones is 1. The van der Waals surface area contributed by atoms with E-state index in [4.69, 9.17) is 4.74 Å². The van der Waals surface area contributed by atoms with Gasteiger partial charge in [0.1, 0.15) is 15.4 Å². The molecule has 1 rings (SSSR count). The van der Waals surface area contributed by atoms with Crippen LogP contribution in [0.4, 0.5) is 0 Å². The molecule has 0 saturated heterocycles. The Kier molecular flexibility index (Phi) is 6.20. The summed E-state index contributed by atoms with van der Waals surface area (Å²) in [6.45, 7) is 6.34. The van der Waals surface area contributed by atoms with E-state index in [1.54, 1.807) is 0 Å². The second-order valence-corrected chi connectivity index (χ2v) is 8.14. The van der Waals surface area contributed by atoms with Crippen LogP contribution in [0.2, 0.25) is 0 Å². The van der Waals surface area contributed by atoms with Crippen LogP contribution in [0.3, 0.4) is 0 Å². The number of Topliss-reactive ketones (excluding diaryl/α,β-unsaturated/α-hetero) is 1. The molecule has 0 aromatic rings. The van der Waals surface area contributed by atoms with Gasteiger partial charge in [-0.1, -0.05) is 20.3 Å². The summed E-state index contributed by atoms with van der Waals surface area (Å²) < 4.78 is 29.2. The number of sulfone groups is 1. The van der Waals surface area contributed by atoms with Gasteiger partial charge >= 0.3 is 0 Å². The molecule has 20 heavy (non-hydrogen) atoms. The Morgan fingerprint density at radius 1 is 1.20 bits per heavy atom. The molecule has 0 amide bonds. The minimum Gasteiger partial charge on any atom is -0.368 e. The first-order chi connectivity index (χ1) is 9.30. The lowest BCUT2D eigenvalue weighted by Crippen LogP contribution is -2.46. The number of carbonyl (C=O) groups is 1. The maximum Gasteiger partial charge on any atom is 0.167 e. The molecule has 0 spiro atoms. The SMILES string of the molecule is CCOC(CC)(CC)C(=O)C1CCCC(S(C)(=O)=O)C1. The summed E-state index contributed by atoms with van der Waals surface area (Å²) in [7, 11) is -3.06. The van der Waals surface area contributed by atoms with Crippen LogP contribution < -0.4 is 0 Å². The number of rotatable bonds is 7. The van der Waals surface area contributed by atoms with E-state index in [1.807, 2.05) is 20.8 Å². The number of hydrogen-bond acceptors (Lipinski definition) is 4. The zero-order valence-electron chi connectivity index (χ0n) is 13.1. The van der Waals surface area contributed by atoms with Crippen molar-refractivity contribution in [2.24, 2.45) is 5.92 Å². The molecule has 1 saturated carbocycles. The Labute approximate surface area is 123 Å². The van der Waals surface area contributed by atoms with E-state index in [0.29, 0.717) is 32.3 Å². The third-order valence-electron chi connectivity index (χ3n) is 4.61. The number of carbonyl (C=O) groups excluding carboxylic acids is 1. The van der Waals surface area contributed by atoms with Crippen molar-refractivity contribution < 1.29 is 17.9 Å². The molecule has 118 valence electrons. The fourth-order valence-corrected chi connectivity index (χ4v) is 4.47. The van der Waals surface area contributed by atoms with Crippen LogP contribution in [0.5, 0.6) is 0 Å². The van der Waals surface area contributed by atoms with Gasteiger partial charge in [0.2, 0.25) is 0 Å². The topological polar surface area (TPSA) is 60.4 Å². The monoisotopic (exact) mass is 304 g/mol. The molecule has 0 aromatic heterocycles. The maximum absolute atomic E-state index is 12.8. The van der Waals surface area contributed by atoms with Crippen molar-refractivity contribution in [2.75, 3.05) is 12.9 Å². The largest absolute Gasteiger partial charge is 0.368 e. The van der Waals surface area contributed by atoms with Crippen LogP contribution in [-0.4, -0.2) is 37.9 Å². The summed E-state index contributed by atoms with van der Waals surface area (Å²) in [6.07, 6.45) is 5.32. The molecule has 5 heteroatoms. The van der Waals surface area contributed by atoms with Crippen molar-refractivity contribution in [3.8, 4) is 0 Å². The molecule has 0 N–H and O–H groups in total. The summed E-state index contributed by atoms with van der Waals surface area (Å²) >= 11 is 0. The summed E-state index contributed by atoms with van der Waals surface area (Å²) in [5, 5.41) is -0.363. The van der Waals surface area contributed by atoms with Crippen molar-refractivity contribution >= 4 is 15.6 Å². The highest BCUT2D eigenvalue weighted by atomic mass is 32.2. The second-order valence-electron chi connectivity index (χ2n) is 5.81. The minimum atomic E-state index is -3.06. The zero-order chi connectivity index (χ0) is 15.4. The quantitative estimate of drug-likeness (QED) is 0.725. The lowest BCUT2D eigenvalue weighted by molar-refractivity contribution is -0.150. The van der Waals surface area contributed by atoms with E-state index in [0.717, 1.165) is 12.8 Å². The highest BCUT2D eigenvalue weighted by molar-refractivity contribution is 7.91. The average Bonchev–Trinajstić information content (AvgIpc) is 2.43. The average molecular weight is 304 g/mol. The zero-order valence-corrected chi connectivity index (χ0v) is 14.0. The van der Waals surface area contributed by atoms with E-state index in [2.05, 4.69) is 0 Å². The van der Waals surface area contributed by atoms with Gasteiger partial charge in [0.15, 0.2) is 5.78 Å². The van der Waals surface area contributed by atoms with Crippen molar-refractivity contribution in [1.82, 2.24) is 0 Å². The van der Waals surface area contributed by atoms with Crippen LogP contribution in [0.15, 0.2) is 0 Å². The lowest BCUT2D eigenvalue weighted by Gasteiger charge is -2.36. The Hall–Kier alpha value is -0.420. The summed E-state index contributed by atoms with van der Waals surface area (Å²) in [5.41, 5.74) is -0.723. The third kappa shape index (κ3) is 3.82. The molecule has 4 nitrogen and oxygen atoms in total. The molecule has 0 bridgehead atoms. The van der Waals surface area contributed by atoms with Gasteiger partial charge < -0.3 is 4.74 Å². The van der Waals surface area contributed by atoms with Crippen LogP contribution in [-0.2, 0) is 19.4 Å². The fraction of sp³-hybridized carbons (Fsp3) is 0.933. The van der Waals surface area contributed by atoms with E-state index in [1.165, 1.54) is 6.26 Å². The van der Waals surface area contributed by atoms with E-state index < -0.39 is 15.4 Å². The number of ether oxygens (including phenoxy) is 1. The molecular weight excluding hydrogens is 276 g/mol. The van der Waals surface area contributed by atoms with Gasteiger partial charge in [-0.3, -0.25) is 4.79 Å². The molecule has 0 radical (unpaired) electrons. The standard InChI is InChI=1S/C15H28O4S/c1-5-15(6-2,19-7-3)14(16)12-9-8-10-13(11-12)20(4,17)18/h12-13H,5-11H2,1-4H3. The van der Waals surface area contributed by atoms with Crippen molar-refractivity contribution in [2.45, 2.75) is 70.1 Å². The Morgan fingerprint density at radius 2 is 1.80 bits per heavy atom. The smallest absolute Gasteiger partial charge is 0.167 e. The van der Waals surface area contributed by atoms with Gasteiger partial charge in [-0.2, -0.15) is 0 Å². The maximum atomic E-state index is 12.8. The van der Waals surface area contributed by atoms with Gasteiger partial charge in [0.05, 0.1) is 5.25 Å². The normalized spacial score (nSPS) is 24.6. The van der Waals surface area contributed by atoms with Crippen LogP contribution >= 0.6 is 0 Å². The molecule has 1 aliphatic rings. The van der Waals surface area contributed by atoms with Crippen LogP contribution in [0, 0.1) is 5.92 Å². The molecule has 2 atom stereocenters. The van der Waals surface area contributed by atoms with Crippen LogP contribution in [0.1, 0.15) is 59.3 Å². The highest BCUT2D eigenvalue weighted by Crippen LogP contribution is 2.35. The number of hydrogen-bond donors (Lipinski definition) is 0. The Morgan fingerprint density at radius 3 is 2.25 bits per heavy atom. The Bertz CT molecular complexity index is 423. The first-order valence-electron chi connectivity index (χ1n) is 7.67. The van der Waals surface area contributed by atoms with Crippen molar-refractivity contribution in [1.29, 1.82) is 0 Å². The van der Waals surface area contributed by atoms with Crippen LogP contribution in [0.25, 0.3) is 0 Å². The first-order valence-corrected chi connectivity index (χ1v) is 9.63. The molecule has 0 aliphatic heterocycles. The van der Waals surface area contributed by atoms with E-state index in [-0.39, 0.29) is 17.0 Å². The highest BCUT2D eigenvalue weighted by Gasteiger charge is 2.42. The minimum absolute atomic E-state index is 0.109.